The van der Waals surface area contributed by atoms with E-state index in [1.165, 1.54) is 161 Å². The van der Waals surface area contributed by atoms with Gasteiger partial charge in [0, 0.05) is 19.3 Å². The van der Waals surface area contributed by atoms with E-state index in [0.717, 1.165) is 89.9 Å². The summed E-state index contributed by atoms with van der Waals surface area (Å²) in [4.78, 5) is 38.3. The van der Waals surface area contributed by atoms with Gasteiger partial charge in [0.05, 0.1) is 0 Å². The Morgan fingerprint density at radius 1 is 0.276 bits per heavy atom. The molecule has 0 aromatic rings. The molecule has 6 heteroatoms. The van der Waals surface area contributed by atoms with Gasteiger partial charge in [-0.25, -0.2) is 0 Å². The van der Waals surface area contributed by atoms with Crippen molar-refractivity contribution in [1.82, 2.24) is 0 Å². The largest absolute Gasteiger partial charge is 0.462 e. The number of carbonyl (C=O) groups is 3. The van der Waals surface area contributed by atoms with Crippen molar-refractivity contribution in [1.29, 1.82) is 0 Å². The fourth-order valence-electron chi connectivity index (χ4n) is 8.73. The van der Waals surface area contributed by atoms with Gasteiger partial charge in [-0.15, -0.1) is 0 Å². The van der Waals surface area contributed by atoms with E-state index in [1.54, 1.807) is 0 Å². The highest BCUT2D eigenvalue weighted by molar-refractivity contribution is 5.71. The van der Waals surface area contributed by atoms with E-state index in [1.807, 2.05) is 6.08 Å². The molecule has 0 heterocycles. The lowest BCUT2D eigenvalue weighted by molar-refractivity contribution is -0.166. The molecule has 0 spiro atoms. The molecule has 0 fully saturated rings. The number of carbonyl (C=O) groups excluding carboxylic acids is 3. The molecule has 0 saturated heterocycles. The van der Waals surface area contributed by atoms with E-state index in [4.69, 9.17) is 14.2 Å². The molecule has 0 aliphatic rings. The summed E-state index contributed by atoms with van der Waals surface area (Å²) < 4.78 is 16.9. The second-order valence-corrected chi connectivity index (χ2v) is 20.9. The van der Waals surface area contributed by atoms with E-state index < -0.39 is 12.1 Å². The SMILES string of the molecule is CC/C=C\C/C=C\C/C=C\C/C=C\C/C=C\C/C=C\CCC(=O)OC(COC(=O)CCCCCCCCC/C=C\C/C=C\CCCCCC)COC(=O)CCCCCCCCCCC/C=C\CCCCCCCCCC. The molecule has 1 atom stereocenters. The van der Waals surface area contributed by atoms with Crippen LogP contribution in [0.1, 0.15) is 297 Å². The first-order chi connectivity index (χ1) is 37.5. The van der Waals surface area contributed by atoms with E-state index in [-0.39, 0.29) is 31.6 Å². The van der Waals surface area contributed by atoms with Crippen molar-refractivity contribution in [3.8, 4) is 0 Å². The predicted molar refractivity (Wildman–Crippen MR) is 330 cm³/mol. The average molecular weight is 1060 g/mol. The molecule has 1 unspecified atom stereocenters. The van der Waals surface area contributed by atoms with Gasteiger partial charge < -0.3 is 14.2 Å². The second kappa shape index (κ2) is 63.6. The molecule has 0 aromatic heterocycles. The van der Waals surface area contributed by atoms with Crippen molar-refractivity contribution >= 4 is 17.9 Å². The summed E-state index contributed by atoms with van der Waals surface area (Å²) in [6, 6.07) is 0. The van der Waals surface area contributed by atoms with Crippen LogP contribution in [0.5, 0.6) is 0 Å². The Morgan fingerprint density at radius 2 is 0.539 bits per heavy atom. The third kappa shape index (κ3) is 60.9. The van der Waals surface area contributed by atoms with Crippen LogP contribution in [0.4, 0.5) is 0 Å². The molecule has 0 aliphatic heterocycles. The zero-order chi connectivity index (χ0) is 55.0. The van der Waals surface area contributed by atoms with Crippen molar-refractivity contribution in [2.24, 2.45) is 0 Å². The third-order valence-corrected chi connectivity index (χ3v) is 13.5. The number of hydrogen-bond acceptors (Lipinski definition) is 6. The zero-order valence-corrected chi connectivity index (χ0v) is 49.7. The first-order valence-electron chi connectivity index (χ1n) is 31.9. The van der Waals surface area contributed by atoms with Crippen molar-refractivity contribution < 1.29 is 28.6 Å². The number of rotatable bonds is 57. The number of hydrogen-bond donors (Lipinski definition) is 0. The summed E-state index contributed by atoms with van der Waals surface area (Å²) in [5, 5.41) is 0. The van der Waals surface area contributed by atoms with Gasteiger partial charge >= 0.3 is 17.9 Å². The Balaban J connectivity index is 4.49. The van der Waals surface area contributed by atoms with Crippen LogP contribution in [0.2, 0.25) is 0 Å². The summed E-state index contributed by atoms with van der Waals surface area (Å²) in [5.41, 5.74) is 0. The van der Waals surface area contributed by atoms with E-state index in [0.29, 0.717) is 19.3 Å². The number of ether oxygens (including phenoxy) is 3. The topological polar surface area (TPSA) is 78.9 Å². The molecule has 0 radical (unpaired) electrons. The quantitative estimate of drug-likeness (QED) is 0.0261. The molecule has 0 bridgehead atoms. The van der Waals surface area contributed by atoms with E-state index in [9.17, 15) is 14.4 Å². The van der Waals surface area contributed by atoms with Crippen LogP contribution in [0, 0.1) is 0 Å². The third-order valence-electron chi connectivity index (χ3n) is 13.5. The van der Waals surface area contributed by atoms with Crippen LogP contribution in [0.3, 0.4) is 0 Å². The highest BCUT2D eigenvalue weighted by atomic mass is 16.6. The van der Waals surface area contributed by atoms with Crippen LogP contribution < -0.4 is 0 Å². The number of allylic oxidation sites excluding steroid dienone is 18. The standard InChI is InChI=1S/C70H118O6/c1-4-7-10-13-16-19-22-25-28-31-34-35-37-39-42-45-48-51-54-57-60-63-69(72)75-66-67(65-74-68(71)62-59-56-53-50-47-44-41-38-33-30-27-24-21-18-15-12-9-6-3)76-70(73)64-61-58-55-52-49-46-43-40-36-32-29-26-23-20-17-14-11-8-5-2/h8,11,17,20-21,24,26,29-31,33-34,36,40,46,49,55,58,67H,4-7,9-10,12-16,18-19,22-23,25,27-28,32,35,37-39,41-45,47-48,50-54,56-57,59-66H2,1-3H3/b11-8-,20-17-,24-21-,29-26-,33-30-,34-31-,40-36-,49-46-,58-55-. The van der Waals surface area contributed by atoms with Gasteiger partial charge in [0.15, 0.2) is 6.10 Å². The molecule has 76 heavy (non-hydrogen) atoms. The van der Waals surface area contributed by atoms with Crippen molar-refractivity contribution in [2.45, 2.75) is 303 Å². The van der Waals surface area contributed by atoms with Crippen LogP contribution in [-0.4, -0.2) is 37.2 Å². The fourth-order valence-corrected chi connectivity index (χ4v) is 8.73. The molecule has 0 rings (SSSR count). The smallest absolute Gasteiger partial charge is 0.306 e. The Kier molecular flexibility index (Phi) is 60.3. The van der Waals surface area contributed by atoms with Crippen LogP contribution in [-0.2, 0) is 28.6 Å². The molecule has 6 nitrogen and oxygen atoms in total. The average Bonchev–Trinajstić information content (AvgIpc) is 3.42. The highest BCUT2D eigenvalue weighted by Crippen LogP contribution is 2.15. The maximum atomic E-state index is 12.9. The van der Waals surface area contributed by atoms with E-state index in [2.05, 4.69) is 124 Å². The van der Waals surface area contributed by atoms with Crippen LogP contribution in [0.25, 0.3) is 0 Å². The van der Waals surface area contributed by atoms with Crippen molar-refractivity contribution in [3.63, 3.8) is 0 Å². The van der Waals surface area contributed by atoms with Gasteiger partial charge in [0.1, 0.15) is 13.2 Å². The van der Waals surface area contributed by atoms with Crippen LogP contribution >= 0.6 is 0 Å². The number of esters is 3. The molecule has 0 amide bonds. The minimum atomic E-state index is -0.826. The summed E-state index contributed by atoms with van der Waals surface area (Å²) in [7, 11) is 0. The zero-order valence-electron chi connectivity index (χ0n) is 49.7. The van der Waals surface area contributed by atoms with Crippen molar-refractivity contribution in [3.05, 3.63) is 109 Å². The Bertz CT molecular complexity index is 1540. The predicted octanol–water partition coefficient (Wildman–Crippen LogP) is 21.8. The molecule has 434 valence electrons. The molecule has 0 aromatic carbocycles. The summed E-state index contributed by atoms with van der Waals surface area (Å²) in [6.45, 7) is 6.46. The maximum absolute atomic E-state index is 12.9. The normalized spacial score (nSPS) is 12.8. The van der Waals surface area contributed by atoms with Gasteiger partial charge in [0.25, 0.3) is 0 Å². The summed E-state index contributed by atoms with van der Waals surface area (Å²) >= 11 is 0. The van der Waals surface area contributed by atoms with Gasteiger partial charge in [0.2, 0.25) is 0 Å². The molecule has 0 saturated carbocycles. The molecular weight excluding hydrogens is 937 g/mol. The lowest BCUT2D eigenvalue weighted by Gasteiger charge is -2.18. The second-order valence-electron chi connectivity index (χ2n) is 20.9. The van der Waals surface area contributed by atoms with Gasteiger partial charge in [-0.3, -0.25) is 14.4 Å². The Hall–Kier alpha value is -3.93. The van der Waals surface area contributed by atoms with Crippen molar-refractivity contribution in [2.75, 3.05) is 13.2 Å². The maximum Gasteiger partial charge on any atom is 0.306 e. The summed E-state index contributed by atoms with van der Waals surface area (Å²) in [5.74, 6) is -1.00. The van der Waals surface area contributed by atoms with Gasteiger partial charge in [-0.2, -0.15) is 0 Å². The Morgan fingerprint density at radius 3 is 0.882 bits per heavy atom. The monoisotopic (exact) mass is 1050 g/mol. The first-order valence-corrected chi connectivity index (χ1v) is 31.9. The fraction of sp³-hybridized carbons (Fsp3) is 0.700. The summed E-state index contributed by atoms with van der Waals surface area (Å²) in [6.07, 6.45) is 86.7. The minimum absolute atomic E-state index is 0.112. The lowest BCUT2D eigenvalue weighted by Crippen LogP contribution is -2.30. The highest BCUT2D eigenvalue weighted by Gasteiger charge is 2.19. The van der Waals surface area contributed by atoms with E-state index >= 15 is 0 Å². The number of unbranched alkanes of at least 4 members (excludes halogenated alkanes) is 28. The Labute approximate surface area is 470 Å². The van der Waals surface area contributed by atoms with Gasteiger partial charge in [-0.1, -0.05) is 271 Å². The van der Waals surface area contributed by atoms with Gasteiger partial charge in [-0.05, 0) is 116 Å². The lowest BCUT2D eigenvalue weighted by atomic mass is 10.1. The molecule has 0 N–H and O–H groups in total. The first kappa shape index (κ1) is 72.1. The molecular formula is C70H118O6. The van der Waals surface area contributed by atoms with Crippen LogP contribution in [0.15, 0.2) is 109 Å². The molecule has 0 aliphatic carbocycles. The minimum Gasteiger partial charge on any atom is -0.462 e.